The second kappa shape index (κ2) is 6.39. The summed E-state index contributed by atoms with van der Waals surface area (Å²) < 4.78 is 0.966. The average Bonchev–Trinajstić information content (AvgIpc) is 2.63. The monoisotopic (exact) mass is 325 g/mol. The third-order valence-corrected chi connectivity index (χ3v) is 4.14. The summed E-state index contributed by atoms with van der Waals surface area (Å²) in [5.74, 6) is 0.0726. The van der Waals surface area contributed by atoms with Gasteiger partial charge in [0.25, 0.3) is 0 Å². The molecular formula is C14H20BrN3O. The van der Waals surface area contributed by atoms with E-state index < -0.39 is 0 Å². The molecule has 19 heavy (non-hydrogen) atoms. The highest BCUT2D eigenvalue weighted by Crippen LogP contribution is 2.30. The average molecular weight is 326 g/mol. The second-order valence-electron chi connectivity index (χ2n) is 4.95. The Morgan fingerprint density at radius 2 is 2.21 bits per heavy atom. The number of hydrogen-bond acceptors (Lipinski definition) is 3. The van der Waals surface area contributed by atoms with Gasteiger partial charge in [0.15, 0.2) is 0 Å². The van der Waals surface area contributed by atoms with Crippen molar-refractivity contribution in [3.05, 3.63) is 28.2 Å². The van der Waals surface area contributed by atoms with Crippen molar-refractivity contribution in [3.8, 4) is 0 Å². The highest BCUT2D eigenvalue weighted by Gasteiger charge is 2.23. The Morgan fingerprint density at radius 3 is 2.89 bits per heavy atom. The van der Waals surface area contributed by atoms with Crippen molar-refractivity contribution >= 4 is 27.5 Å². The number of nitrogen functional groups attached to an aromatic ring is 1. The van der Waals surface area contributed by atoms with E-state index in [9.17, 15) is 5.11 Å². The van der Waals surface area contributed by atoms with Crippen molar-refractivity contribution in [2.24, 2.45) is 5.73 Å². The fraction of sp³-hybridized carbons (Fsp3) is 0.500. The van der Waals surface area contributed by atoms with Gasteiger partial charge in [0.2, 0.25) is 0 Å². The molecule has 1 saturated heterocycles. The lowest BCUT2D eigenvalue weighted by atomic mass is 10.1. The number of aliphatic hydroxyl groups excluding tert-OH is 1. The van der Waals surface area contributed by atoms with Gasteiger partial charge in [0.1, 0.15) is 5.84 Å². The molecule has 1 unspecified atom stereocenters. The van der Waals surface area contributed by atoms with Crippen LogP contribution in [0.25, 0.3) is 0 Å². The SMILES string of the molecule is N=C(N)c1ccc(Br)cc1N1CCCCCC1CO. The number of hydrogen-bond donors (Lipinski definition) is 3. The van der Waals surface area contributed by atoms with Gasteiger partial charge < -0.3 is 15.7 Å². The number of halogens is 1. The number of benzene rings is 1. The Kier molecular flexibility index (Phi) is 4.82. The van der Waals surface area contributed by atoms with Crippen molar-refractivity contribution in [2.45, 2.75) is 31.7 Å². The van der Waals surface area contributed by atoms with Gasteiger partial charge in [-0.25, -0.2) is 0 Å². The smallest absolute Gasteiger partial charge is 0.124 e. The predicted molar refractivity (Wildman–Crippen MR) is 81.8 cm³/mol. The van der Waals surface area contributed by atoms with Crippen molar-refractivity contribution in [3.63, 3.8) is 0 Å². The van der Waals surface area contributed by atoms with Gasteiger partial charge in [-0.05, 0) is 31.0 Å². The Morgan fingerprint density at radius 1 is 1.42 bits per heavy atom. The Hall–Kier alpha value is -1.07. The van der Waals surface area contributed by atoms with Crippen LogP contribution in [-0.4, -0.2) is 30.1 Å². The topological polar surface area (TPSA) is 73.3 Å². The molecule has 1 aliphatic rings. The number of nitrogens with two attached hydrogens (primary N) is 1. The first-order valence-electron chi connectivity index (χ1n) is 6.65. The molecule has 4 N–H and O–H groups in total. The molecule has 4 nitrogen and oxygen atoms in total. The van der Waals surface area contributed by atoms with Gasteiger partial charge in [-0.1, -0.05) is 28.8 Å². The van der Waals surface area contributed by atoms with Crippen LogP contribution in [-0.2, 0) is 0 Å². The molecule has 2 rings (SSSR count). The van der Waals surface area contributed by atoms with Crippen LogP contribution in [0.2, 0.25) is 0 Å². The maximum atomic E-state index is 9.61. The molecule has 5 heteroatoms. The first-order chi connectivity index (χ1) is 9.13. The summed E-state index contributed by atoms with van der Waals surface area (Å²) in [5, 5.41) is 17.3. The normalized spacial score (nSPS) is 20.1. The lowest BCUT2D eigenvalue weighted by Gasteiger charge is -2.32. The molecule has 1 aromatic carbocycles. The van der Waals surface area contributed by atoms with E-state index >= 15 is 0 Å². The molecule has 0 radical (unpaired) electrons. The first-order valence-corrected chi connectivity index (χ1v) is 7.44. The van der Waals surface area contributed by atoms with Gasteiger partial charge in [-0.3, -0.25) is 5.41 Å². The summed E-state index contributed by atoms with van der Waals surface area (Å²) in [7, 11) is 0. The number of nitrogens with one attached hydrogen (secondary N) is 1. The quantitative estimate of drug-likeness (QED) is 0.590. The van der Waals surface area contributed by atoms with Gasteiger partial charge in [0, 0.05) is 22.3 Å². The summed E-state index contributed by atoms with van der Waals surface area (Å²) >= 11 is 3.47. The molecular weight excluding hydrogens is 306 g/mol. The maximum Gasteiger partial charge on any atom is 0.124 e. The zero-order valence-corrected chi connectivity index (χ0v) is 12.5. The van der Waals surface area contributed by atoms with E-state index in [0.717, 1.165) is 41.5 Å². The van der Waals surface area contributed by atoms with Crippen LogP contribution in [0.3, 0.4) is 0 Å². The molecule has 0 aliphatic carbocycles. The highest BCUT2D eigenvalue weighted by molar-refractivity contribution is 9.10. The zero-order valence-electron chi connectivity index (χ0n) is 10.9. The minimum absolute atomic E-state index is 0.0726. The number of nitrogens with zero attached hydrogens (tertiary/aromatic N) is 1. The third-order valence-electron chi connectivity index (χ3n) is 3.65. The van der Waals surface area contributed by atoms with E-state index in [2.05, 4.69) is 20.8 Å². The summed E-state index contributed by atoms with van der Waals surface area (Å²) in [6, 6.07) is 5.87. The lowest BCUT2D eigenvalue weighted by Crippen LogP contribution is -2.38. The first kappa shape index (κ1) is 14.3. The molecule has 0 amide bonds. The van der Waals surface area contributed by atoms with E-state index in [0.29, 0.717) is 0 Å². The summed E-state index contributed by atoms with van der Waals surface area (Å²) in [4.78, 5) is 2.20. The number of amidine groups is 1. The number of aliphatic hydroxyl groups is 1. The van der Waals surface area contributed by atoms with E-state index in [1.54, 1.807) is 0 Å². The van der Waals surface area contributed by atoms with Crippen LogP contribution >= 0.6 is 15.9 Å². The third kappa shape index (κ3) is 3.28. The molecule has 0 saturated carbocycles. The Labute approximate surface area is 122 Å². The molecule has 0 aromatic heterocycles. The molecule has 1 atom stereocenters. The highest BCUT2D eigenvalue weighted by atomic mass is 79.9. The van der Waals surface area contributed by atoms with Gasteiger partial charge >= 0.3 is 0 Å². The Balaban J connectivity index is 2.42. The van der Waals surface area contributed by atoms with Crippen LogP contribution < -0.4 is 10.6 Å². The van der Waals surface area contributed by atoms with Crippen LogP contribution in [0.5, 0.6) is 0 Å². The summed E-state index contributed by atoms with van der Waals surface area (Å²) in [6.07, 6.45) is 4.43. The molecule has 1 heterocycles. The van der Waals surface area contributed by atoms with Crippen molar-refractivity contribution < 1.29 is 5.11 Å². The van der Waals surface area contributed by atoms with Crippen LogP contribution in [0.4, 0.5) is 5.69 Å². The summed E-state index contributed by atoms with van der Waals surface area (Å²) in [5.41, 5.74) is 7.36. The van der Waals surface area contributed by atoms with Crippen LogP contribution in [0.1, 0.15) is 31.2 Å². The molecule has 0 bridgehead atoms. The predicted octanol–water partition coefficient (Wildman–Crippen LogP) is 2.47. The van der Waals surface area contributed by atoms with Crippen LogP contribution in [0, 0.1) is 5.41 Å². The van der Waals surface area contributed by atoms with Crippen molar-refractivity contribution in [1.82, 2.24) is 0 Å². The van der Waals surface area contributed by atoms with Gasteiger partial charge in [-0.15, -0.1) is 0 Å². The number of rotatable bonds is 3. The van der Waals surface area contributed by atoms with Crippen molar-refractivity contribution in [1.29, 1.82) is 5.41 Å². The molecule has 104 valence electrons. The van der Waals surface area contributed by atoms with E-state index in [1.807, 2.05) is 18.2 Å². The lowest BCUT2D eigenvalue weighted by molar-refractivity contribution is 0.255. The molecule has 1 fully saturated rings. The number of anilines is 1. The standard InChI is InChI=1S/C14H20BrN3O/c15-10-5-6-12(14(16)17)13(8-10)18-7-3-1-2-4-11(18)9-19/h5-6,8,11,19H,1-4,7,9H2,(H3,16,17). The largest absolute Gasteiger partial charge is 0.394 e. The minimum Gasteiger partial charge on any atom is -0.394 e. The molecule has 1 aromatic rings. The van der Waals surface area contributed by atoms with Crippen molar-refractivity contribution in [2.75, 3.05) is 18.1 Å². The van der Waals surface area contributed by atoms with Gasteiger partial charge in [0.05, 0.1) is 12.6 Å². The van der Waals surface area contributed by atoms with E-state index in [1.165, 1.54) is 6.42 Å². The molecule has 0 spiro atoms. The fourth-order valence-electron chi connectivity index (χ4n) is 2.65. The van der Waals surface area contributed by atoms with Gasteiger partial charge in [-0.2, -0.15) is 0 Å². The minimum atomic E-state index is 0.0726. The van der Waals surface area contributed by atoms with E-state index in [4.69, 9.17) is 11.1 Å². The Bertz CT molecular complexity index is 464. The molecule has 1 aliphatic heterocycles. The van der Waals surface area contributed by atoms with E-state index in [-0.39, 0.29) is 18.5 Å². The second-order valence-corrected chi connectivity index (χ2v) is 5.87. The zero-order chi connectivity index (χ0) is 13.8. The van der Waals surface area contributed by atoms with Crippen LogP contribution in [0.15, 0.2) is 22.7 Å². The summed E-state index contributed by atoms with van der Waals surface area (Å²) in [6.45, 7) is 1.05. The maximum absolute atomic E-state index is 9.61. The fourth-order valence-corrected chi connectivity index (χ4v) is 3.00.